The van der Waals surface area contributed by atoms with Crippen molar-refractivity contribution in [1.82, 2.24) is 10.2 Å². The van der Waals surface area contributed by atoms with E-state index >= 15 is 0 Å². The molecule has 0 aromatic heterocycles. The largest absolute Gasteiger partial charge is 0.497 e. The summed E-state index contributed by atoms with van der Waals surface area (Å²) >= 11 is 3.51. The summed E-state index contributed by atoms with van der Waals surface area (Å²) in [5.41, 5.74) is 2.82. The highest BCUT2D eigenvalue weighted by atomic mass is 79.9. The summed E-state index contributed by atoms with van der Waals surface area (Å²) in [5.74, 6) is 0.474. The number of rotatable bonds is 10. The van der Waals surface area contributed by atoms with E-state index in [0.29, 0.717) is 13.0 Å². The molecule has 0 aliphatic heterocycles. The Kier molecular flexibility index (Phi) is 9.28. The summed E-state index contributed by atoms with van der Waals surface area (Å²) in [4.78, 5) is 28.8. The Balaban J connectivity index is 1.95. The highest BCUT2D eigenvalue weighted by molar-refractivity contribution is 9.10. The third-order valence-corrected chi connectivity index (χ3v) is 5.95. The van der Waals surface area contributed by atoms with Crippen LogP contribution in [0.5, 0.6) is 5.75 Å². The van der Waals surface area contributed by atoms with Gasteiger partial charge in [-0.1, -0.05) is 70.5 Å². The van der Waals surface area contributed by atoms with Crippen LogP contribution in [0.4, 0.5) is 0 Å². The molecule has 0 saturated carbocycles. The first-order chi connectivity index (χ1) is 16.4. The lowest BCUT2D eigenvalue weighted by Gasteiger charge is -2.32. The lowest BCUT2D eigenvalue weighted by molar-refractivity contribution is -0.141. The molecule has 34 heavy (non-hydrogen) atoms. The van der Waals surface area contributed by atoms with Crippen molar-refractivity contribution in [2.45, 2.75) is 45.3 Å². The first-order valence-corrected chi connectivity index (χ1v) is 12.2. The molecule has 3 aromatic carbocycles. The minimum absolute atomic E-state index is 0.0322. The van der Waals surface area contributed by atoms with E-state index in [2.05, 4.69) is 21.2 Å². The summed E-state index contributed by atoms with van der Waals surface area (Å²) in [6.45, 7) is 4.18. The number of ether oxygens (including phenoxy) is 1. The van der Waals surface area contributed by atoms with Gasteiger partial charge in [0, 0.05) is 23.5 Å². The highest BCUT2D eigenvalue weighted by Crippen LogP contribution is 2.20. The topological polar surface area (TPSA) is 58.6 Å². The molecule has 1 unspecified atom stereocenters. The molecule has 1 atom stereocenters. The number of nitrogens with zero attached hydrogens (tertiary/aromatic N) is 1. The van der Waals surface area contributed by atoms with E-state index in [9.17, 15) is 9.59 Å². The molecule has 6 heteroatoms. The van der Waals surface area contributed by atoms with Crippen molar-refractivity contribution < 1.29 is 14.3 Å². The van der Waals surface area contributed by atoms with Crippen molar-refractivity contribution in [1.29, 1.82) is 0 Å². The van der Waals surface area contributed by atoms with Gasteiger partial charge in [0.05, 0.1) is 13.5 Å². The van der Waals surface area contributed by atoms with Crippen LogP contribution in [0.25, 0.3) is 0 Å². The quantitative estimate of drug-likeness (QED) is 0.399. The van der Waals surface area contributed by atoms with Crippen molar-refractivity contribution in [3.05, 3.63) is 100 Å². The molecule has 178 valence electrons. The fourth-order valence-corrected chi connectivity index (χ4v) is 4.23. The number of hydrogen-bond donors (Lipinski definition) is 1. The lowest BCUT2D eigenvalue weighted by atomic mass is 10.0. The minimum atomic E-state index is -0.644. The molecule has 0 bridgehead atoms. The van der Waals surface area contributed by atoms with Gasteiger partial charge >= 0.3 is 0 Å². The zero-order valence-electron chi connectivity index (χ0n) is 19.8. The Bertz CT molecular complexity index is 1080. The fraction of sp³-hybridized carbons (Fsp3) is 0.286. The normalized spacial score (nSPS) is 11.7. The van der Waals surface area contributed by atoms with Gasteiger partial charge in [0.15, 0.2) is 0 Å². The number of carbonyl (C=O) groups is 2. The molecule has 5 nitrogen and oxygen atoms in total. The van der Waals surface area contributed by atoms with Crippen molar-refractivity contribution in [2.75, 3.05) is 7.11 Å². The maximum Gasteiger partial charge on any atom is 0.243 e. The molecule has 2 amide bonds. The van der Waals surface area contributed by atoms with E-state index in [0.717, 1.165) is 26.9 Å². The summed E-state index contributed by atoms with van der Waals surface area (Å²) in [6.07, 6.45) is 0.625. The molecule has 0 spiro atoms. The average molecular weight is 523 g/mol. The maximum absolute atomic E-state index is 13.7. The molecular weight excluding hydrogens is 492 g/mol. The minimum Gasteiger partial charge on any atom is -0.497 e. The molecule has 0 heterocycles. The second-order valence-electron chi connectivity index (χ2n) is 8.55. The van der Waals surface area contributed by atoms with E-state index in [4.69, 9.17) is 4.74 Å². The predicted molar refractivity (Wildman–Crippen MR) is 139 cm³/mol. The Labute approximate surface area is 210 Å². The number of halogens is 1. The van der Waals surface area contributed by atoms with Gasteiger partial charge < -0.3 is 15.0 Å². The highest BCUT2D eigenvalue weighted by Gasteiger charge is 2.30. The van der Waals surface area contributed by atoms with E-state index < -0.39 is 6.04 Å². The van der Waals surface area contributed by atoms with Crippen LogP contribution >= 0.6 is 15.9 Å². The summed E-state index contributed by atoms with van der Waals surface area (Å²) in [5, 5.41) is 3.02. The van der Waals surface area contributed by atoms with Gasteiger partial charge in [-0.3, -0.25) is 9.59 Å². The molecule has 0 aliphatic rings. The van der Waals surface area contributed by atoms with Crippen LogP contribution in [-0.4, -0.2) is 35.9 Å². The summed E-state index contributed by atoms with van der Waals surface area (Å²) in [7, 11) is 1.61. The number of hydrogen-bond acceptors (Lipinski definition) is 3. The Morgan fingerprint density at radius 3 is 2.21 bits per heavy atom. The molecule has 0 radical (unpaired) electrons. The average Bonchev–Trinajstić information content (AvgIpc) is 2.82. The van der Waals surface area contributed by atoms with Crippen LogP contribution in [0.2, 0.25) is 0 Å². The maximum atomic E-state index is 13.7. The SMILES string of the molecule is COc1ccc(CC(=O)N(Cc2cccc(Br)c2)C(Cc2ccccc2)C(=O)NC(C)C)cc1. The number of methoxy groups -OCH3 is 1. The van der Waals surface area contributed by atoms with Crippen molar-refractivity contribution in [2.24, 2.45) is 0 Å². The Morgan fingerprint density at radius 1 is 0.912 bits per heavy atom. The third-order valence-electron chi connectivity index (χ3n) is 5.46. The Morgan fingerprint density at radius 2 is 1.59 bits per heavy atom. The predicted octanol–water partition coefficient (Wildman–Crippen LogP) is 5.16. The van der Waals surface area contributed by atoms with Crippen LogP contribution in [0.1, 0.15) is 30.5 Å². The lowest BCUT2D eigenvalue weighted by Crippen LogP contribution is -2.52. The number of benzene rings is 3. The van der Waals surface area contributed by atoms with E-state index in [-0.39, 0.29) is 24.3 Å². The number of nitrogens with one attached hydrogen (secondary N) is 1. The van der Waals surface area contributed by atoms with E-state index in [1.807, 2.05) is 92.7 Å². The summed E-state index contributed by atoms with van der Waals surface area (Å²) in [6, 6.07) is 24.4. The van der Waals surface area contributed by atoms with Crippen molar-refractivity contribution >= 4 is 27.7 Å². The first kappa shape index (κ1) is 25.5. The molecular formula is C28H31BrN2O3. The van der Waals surface area contributed by atoms with Gasteiger partial charge in [0.1, 0.15) is 11.8 Å². The fourth-order valence-electron chi connectivity index (χ4n) is 3.79. The molecule has 1 N–H and O–H groups in total. The second-order valence-corrected chi connectivity index (χ2v) is 9.46. The zero-order chi connectivity index (χ0) is 24.5. The zero-order valence-corrected chi connectivity index (χ0v) is 21.4. The van der Waals surface area contributed by atoms with Gasteiger partial charge in [-0.2, -0.15) is 0 Å². The molecule has 0 fully saturated rings. The third kappa shape index (κ3) is 7.45. The van der Waals surface area contributed by atoms with Crippen LogP contribution < -0.4 is 10.1 Å². The standard InChI is InChI=1S/C28H31BrN2O3/c1-20(2)30-28(33)26(17-21-8-5-4-6-9-21)31(19-23-10-7-11-24(29)16-23)27(32)18-22-12-14-25(34-3)15-13-22/h4-16,20,26H,17-19H2,1-3H3,(H,30,33). The first-order valence-electron chi connectivity index (χ1n) is 11.4. The Hall–Kier alpha value is -3.12. The van der Waals surface area contributed by atoms with Gasteiger partial charge in [-0.05, 0) is 54.8 Å². The second kappa shape index (κ2) is 12.4. The monoisotopic (exact) mass is 522 g/mol. The van der Waals surface area contributed by atoms with E-state index in [1.165, 1.54) is 0 Å². The van der Waals surface area contributed by atoms with Gasteiger partial charge in [-0.25, -0.2) is 0 Å². The van der Waals surface area contributed by atoms with Crippen LogP contribution in [0, 0.1) is 0 Å². The number of amides is 2. The summed E-state index contributed by atoms with van der Waals surface area (Å²) < 4.78 is 6.16. The van der Waals surface area contributed by atoms with Crippen molar-refractivity contribution in [3.8, 4) is 5.75 Å². The van der Waals surface area contributed by atoms with Crippen LogP contribution in [0.3, 0.4) is 0 Å². The van der Waals surface area contributed by atoms with Crippen molar-refractivity contribution in [3.63, 3.8) is 0 Å². The molecule has 0 saturated heterocycles. The molecule has 3 rings (SSSR count). The molecule has 3 aromatic rings. The molecule has 0 aliphatic carbocycles. The smallest absolute Gasteiger partial charge is 0.243 e. The van der Waals surface area contributed by atoms with Gasteiger partial charge in [0.25, 0.3) is 0 Å². The van der Waals surface area contributed by atoms with Crippen LogP contribution in [0.15, 0.2) is 83.3 Å². The van der Waals surface area contributed by atoms with Gasteiger partial charge in [-0.15, -0.1) is 0 Å². The van der Waals surface area contributed by atoms with E-state index in [1.54, 1.807) is 12.0 Å². The number of carbonyl (C=O) groups excluding carboxylic acids is 2. The van der Waals surface area contributed by atoms with Crippen LogP contribution in [-0.2, 0) is 29.0 Å². The van der Waals surface area contributed by atoms with Gasteiger partial charge in [0.2, 0.25) is 11.8 Å².